The average Bonchev–Trinajstić information content (AvgIpc) is 2.95. The van der Waals surface area contributed by atoms with Gasteiger partial charge in [-0.05, 0) is 27.8 Å². The lowest BCUT2D eigenvalue weighted by Crippen LogP contribution is -2.03. The minimum atomic E-state index is 0.104. The smallest absolute Gasteiger partial charge is 0.180 e. The van der Waals surface area contributed by atoms with Gasteiger partial charge in [0, 0.05) is 6.42 Å². The molecule has 0 spiro atoms. The van der Waals surface area contributed by atoms with E-state index in [0.29, 0.717) is 17.0 Å². The molecule has 0 aliphatic carbocycles. The number of benzene rings is 2. The zero-order chi connectivity index (χ0) is 13.9. The molecule has 3 heteroatoms. The number of ether oxygens (including phenoxy) is 1. The summed E-state index contributed by atoms with van der Waals surface area (Å²) in [5.41, 5.74) is 1.03. The molecule has 1 heterocycles. The van der Waals surface area contributed by atoms with Crippen LogP contribution in [0.3, 0.4) is 0 Å². The maximum Gasteiger partial charge on any atom is 0.180 e. The third kappa shape index (κ3) is 2.45. The second-order valence-electron chi connectivity index (χ2n) is 4.60. The molecule has 0 unspecified atom stereocenters. The van der Waals surface area contributed by atoms with Gasteiger partial charge in [-0.3, -0.25) is 4.79 Å². The van der Waals surface area contributed by atoms with Gasteiger partial charge in [0.1, 0.15) is 10.6 Å². The zero-order valence-corrected chi connectivity index (χ0v) is 11.9. The molecule has 0 atom stereocenters. The van der Waals surface area contributed by atoms with Crippen molar-refractivity contribution >= 4 is 27.9 Å². The monoisotopic (exact) mass is 282 g/mol. The van der Waals surface area contributed by atoms with E-state index in [4.69, 9.17) is 4.74 Å². The van der Waals surface area contributed by atoms with E-state index in [1.807, 2.05) is 29.6 Å². The molecule has 2 nitrogen and oxygen atoms in total. The normalized spacial score (nSPS) is 10.7. The molecule has 0 amide bonds. The second kappa shape index (κ2) is 5.47. The van der Waals surface area contributed by atoms with E-state index < -0.39 is 0 Å². The lowest BCUT2D eigenvalue weighted by molar-refractivity contribution is 0.0994. The second-order valence-corrected chi connectivity index (χ2v) is 5.52. The van der Waals surface area contributed by atoms with E-state index in [9.17, 15) is 4.79 Å². The van der Waals surface area contributed by atoms with Crippen LogP contribution in [0.15, 0.2) is 53.9 Å². The van der Waals surface area contributed by atoms with Crippen LogP contribution in [0.2, 0.25) is 0 Å². The number of Topliss-reactive ketones (excluding diaryl/α,β-unsaturated/α-hetero) is 1. The molecule has 0 saturated heterocycles. The molecule has 0 bridgehead atoms. The van der Waals surface area contributed by atoms with Crippen LogP contribution in [0.5, 0.6) is 5.75 Å². The first-order chi connectivity index (χ1) is 9.78. The van der Waals surface area contributed by atoms with Crippen LogP contribution in [0, 0.1) is 0 Å². The molecular formula is C17H14O2S. The van der Waals surface area contributed by atoms with Gasteiger partial charge in [0.25, 0.3) is 0 Å². The number of thiophene rings is 1. The highest BCUT2D eigenvalue weighted by atomic mass is 32.1. The molecule has 20 heavy (non-hydrogen) atoms. The Hall–Kier alpha value is -2.13. The Kier molecular flexibility index (Phi) is 3.52. The first kappa shape index (κ1) is 12.9. The molecule has 0 fully saturated rings. The van der Waals surface area contributed by atoms with Crippen LogP contribution >= 0.6 is 11.3 Å². The van der Waals surface area contributed by atoms with Crippen LogP contribution in [-0.2, 0) is 6.42 Å². The quantitative estimate of drug-likeness (QED) is 0.666. The van der Waals surface area contributed by atoms with Crippen LogP contribution in [0.4, 0.5) is 0 Å². The third-order valence-corrected chi connectivity index (χ3v) is 4.22. The van der Waals surface area contributed by atoms with Crippen molar-refractivity contribution in [1.82, 2.24) is 0 Å². The summed E-state index contributed by atoms with van der Waals surface area (Å²) >= 11 is 1.43. The minimum absolute atomic E-state index is 0.104. The predicted molar refractivity (Wildman–Crippen MR) is 82.9 cm³/mol. The summed E-state index contributed by atoms with van der Waals surface area (Å²) in [7, 11) is 1.59. The fourth-order valence-electron chi connectivity index (χ4n) is 2.28. The van der Waals surface area contributed by atoms with Crippen molar-refractivity contribution in [3.63, 3.8) is 0 Å². The summed E-state index contributed by atoms with van der Waals surface area (Å²) in [6, 6.07) is 16.1. The van der Waals surface area contributed by atoms with Crippen LogP contribution in [-0.4, -0.2) is 12.9 Å². The lowest BCUT2D eigenvalue weighted by atomic mass is 10.0. The standard InChI is InChI=1S/C17H14O2S/c1-19-16-8-9-20-17(16)15(18)11-12-6-7-13-4-2-3-5-14(13)10-12/h2-10H,11H2,1H3. The zero-order valence-electron chi connectivity index (χ0n) is 11.1. The molecule has 3 rings (SSSR count). The maximum absolute atomic E-state index is 12.3. The number of hydrogen-bond donors (Lipinski definition) is 0. The van der Waals surface area contributed by atoms with Crippen molar-refractivity contribution in [3.05, 3.63) is 64.4 Å². The molecule has 0 radical (unpaired) electrons. The first-order valence-electron chi connectivity index (χ1n) is 6.40. The molecule has 0 saturated carbocycles. The third-order valence-electron chi connectivity index (χ3n) is 3.28. The van der Waals surface area contributed by atoms with Crippen molar-refractivity contribution in [2.75, 3.05) is 7.11 Å². The summed E-state index contributed by atoms with van der Waals surface area (Å²) < 4.78 is 5.20. The Balaban J connectivity index is 1.87. The SMILES string of the molecule is COc1ccsc1C(=O)Cc1ccc2ccccc2c1. The Labute approximate surface area is 121 Å². The maximum atomic E-state index is 12.3. The van der Waals surface area contributed by atoms with E-state index in [-0.39, 0.29) is 5.78 Å². The Morgan fingerprint density at radius 1 is 1.10 bits per heavy atom. The fourth-order valence-corrected chi connectivity index (χ4v) is 3.07. The minimum Gasteiger partial charge on any atom is -0.495 e. The molecule has 100 valence electrons. The summed E-state index contributed by atoms with van der Waals surface area (Å²) in [6.45, 7) is 0. The van der Waals surface area contributed by atoms with Gasteiger partial charge in [0.15, 0.2) is 5.78 Å². The molecule has 0 aliphatic rings. The van der Waals surface area contributed by atoms with Crippen molar-refractivity contribution < 1.29 is 9.53 Å². The summed E-state index contributed by atoms with van der Waals surface area (Å²) in [6.07, 6.45) is 0.404. The van der Waals surface area contributed by atoms with Crippen LogP contribution in [0.1, 0.15) is 15.2 Å². The number of methoxy groups -OCH3 is 1. The van der Waals surface area contributed by atoms with Gasteiger partial charge in [0.05, 0.1) is 7.11 Å². The Morgan fingerprint density at radius 2 is 1.90 bits per heavy atom. The van der Waals surface area contributed by atoms with Crippen molar-refractivity contribution in [3.8, 4) is 5.75 Å². The van der Waals surface area contributed by atoms with E-state index in [1.54, 1.807) is 7.11 Å². The summed E-state index contributed by atoms with van der Waals surface area (Å²) in [5.74, 6) is 0.771. The van der Waals surface area contributed by atoms with E-state index in [0.717, 1.165) is 10.9 Å². The Morgan fingerprint density at radius 3 is 2.70 bits per heavy atom. The number of carbonyl (C=O) groups excluding carboxylic acids is 1. The number of hydrogen-bond acceptors (Lipinski definition) is 3. The van der Waals surface area contributed by atoms with E-state index in [1.165, 1.54) is 16.7 Å². The molecule has 2 aromatic carbocycles. The van der Waals surface area contributed by atoms with Gasteiger partial charge in [-0.15, -0.1) is 11.3 Å². The Bertz CT molecular complexity index is 758. The van der Waals surface area contributed by atoms with Crippen molar-refractivity contribution in [2.45, 2.75) is 6.42 Å². The van der Waals surface area contributed by atoms with Gasteiger partial charge >= 0.3 is 0 Å². The van der Waals surface area contributed by atoms with Gasteiger partial charge in [-0.2, -0.15) is 0 Å². The number of ketones is 1. The van der Waals surface area contributed by atoms with Gasteiger partial charge in [-0.25, -0.2) is 0 Å². The topological polar surface area (TPSA) is 26.3 Å². The molecule has 0 aliphatic heterocycles. The highest BCUT2D eigenvalue weighted by Gasteiger charge is 2.14. The number of fused-ring (bicyclic) bond motifs is 1. The van der Waals surface area contributed by atoms with E-state index in [2.05, 4.69) is 24.3 Å². The molecule has 3 aromatic rings. The van der Waals surface area contributed by atoms with Crippen molar-refractivity contribution in [1.29, 1.82) is 0 Å². The number of rotatable bonds is 4. The largest absolute Gasteiger partial charge is 0.495 e. The van der Waals surface area contributed by atoms with Crippen LogP contribution in [0.25, 0.3) is 10.8 Å². The summed E-state index contributed by atoms with van der Waals surface area (Å²) in [4.78, 5) is 13.0. The highest BCUT2D eigenvalue weighted by Crippen LogP contribution is 2.26. The molecular weight excluding hydrogens is 268 g/mol. The lowest BCUT2D eigenvalue weighted by Gasteiger charge is -2.04. The first-order valence-corrected chi connectivity index (χ1v) is 7.28. The van der Waals surface area contributed by atoms with Gasteiger partial charge in [0.2, 0.25) is 0 Å². The summed E-state index contributed by atoms with van der Waals surface area (Å²) in [5, 5.41) is 4.24. The predicted octanol–water partition coefficient (Wildman–Crippen LogP) is 4.34. The van der Waals surface area contributed by atoms with Crippen molar-refractivity contribution in [2.24, 2.45) is 0 Å². The average molecular weight is 282 g/mol. The number of carbonyl (C=O) groups is 1. The van der Waals surface area contributed by atoms with E-state index >= 15 is 0 Å². The van der Waals surface area contributed by atoms with Gasteiger partial charge < -0.3 is 4.74 Å². The molecule has 1 aromatic heterocycles. The fraction of sp³-hybridized carbons (Fsp3) is 0.118. The highest BCUT2D eigenvalue weighted by molar-refractivity contribution is 7.12. The van der Waals surface area contributed by atoms with Gasteiger partial charge in [-0.1, -0.05) is 42.5 Å². The molecule has 0 N–H and O–H groups in total. The van der Waals surface area contributed by atoms with Crippen LogP contribution < -0.4 is 4.74 Å².